The number of aliphatic hydroxyl groups excluding tert-OH is 2. The number of nitro groups is 1. The molecule has 0 aromatic heterocycles. The van der Waals surface area contributed by atoms with E-state index in [4.69, 9.17) is 21.4 Å². The van der Waals surface area contributed by atoms with E-state index in [0.29, 0.717) is 6.07 Å². The lowest BCUT2D eigenvalue weighted by molar-refractivity contribution is -0.385. The van der Waals surface area contributed by atoms with Crippen molar-refractivity contribution in [2.45, 2.75) is 19.3 Å². The van der Waals surface area contributed by atoms with Gasteiger partial charge in [-0.15, -0.1) is 0 Å². The number of halogens is 4. The highest BCUT2D eigenvalue weighted by molar-refractivity contribution is 6.32. The molecule has 0 aliphatic rings. The molecule has 2 unspecified atom stereocenters. The van der Waals surface area contributed by atoms with Crippen molar-refractivity contribution >= 4 is 23.2 Å². The van der Waals surface area contributed by atoms with Crippen molar-refractivity contribution in [3.8, 4) is 11.5 Å². The Morgan fingerprint density at radius 1 is 1.30 bits per heavy atom. The van der Waals surface area contributed by atoms with E-state index in [1.54, 1.807) is 0 Å². The highest BCUT2D eigenvalue weighted by Crippen LogP contribution is 2.37. The summed E-state index contributed by atoms with van der Waals surface area (Å²) in [6.45, 7) is 0.991. The van der Waals surface area contributed by atoms with Gasteiger partial charge in [-0.25, -0.2) is 0 Å². The Hall–Kier alpha value is -2.89. The monoisotopic (exact) mass is 448 g/mol. The molecule has 1 amide bonds. The van der Waals surface area contributed by atoms with Gasteiger partial charge in [-0.2, -0.15) is 13.2 Å². The minimum Gasteiger partial charge on any atom is -0.456 e. The van der Waals surface area contributed by atoms with Crippen LogP contribution in [0.15, 0.2) is 36.4 Å². The second-order valence-corrected chi connectivity index (χ2v) is 6.67. The fourth-order valence-electron chi connectivity index (χ4n) is 2.26. The van der Waals surface area contributed by atoms with Crippen molar-refractivity contribution in [3.05, 3.63) is 62.7 Å². The molecule has 2 atom stereocenters. The molecule has 12 heteroatoms. The van der Waals surface area contributed by atoms with Gasteiger partial charge in [-0.3, -0.25) is 14.9 Å². The lowest BCUT2D eigenvalue weighted by atomic mass is 10.1. The van der Waals surface area contributed by atoms with Crippen LogP contribution in [-0.2, 0) is 6.18 Å². The maximum atomic E-state index is 12.7. The van der Waals surface area contributed by atoms with Gasteiger partial charge in [0.1, 0.15) is 23.3 Å². The SMILES string of the molecule is CC(CO)C(O)NC(=O)c1cc(Oc2ccc(C(F)(F)F)cc2Cl)ccc1[N+](=O)[O-]. The van der Waals surface area contributed by atoms with E-state index in [1.807, 2.05) is 0 Å². The summed E-state index contributed by atoms with van der Waals surface area (Å²) in [6, 6.07) is 5.45. The standard InChI is InChI=1S/C18H16ClF3N2O6/c1-9(8-25)16(26)23-17(27)12-7-11(3-4-14(12)24(28)29)30-15-5-2-10(6-13(15)19)18(20,21)22/h2-7,9,16,25-26H,8H2,1H3,(H,23,27). The Bertz CT molecular complexity index is 954. The smallest absolute Gasteiger partial charge is 0.416 e. The molecule has 162 valence electrons. The van der Waals surface area contributed by atoms with E-state index >= 15 is 0 Å². The summed E-state index contributed by atoms with van der Waals surface area (Å²) in [5, 5.41) is 31.8. The number of alkyl halides is 3. The summed E-state index contributed by atoms with van der Waals surface area (Å²) in [5.74, 6) is -2.03. The van der Waals surface area contributed by atoms with Crippen molar-refractivity contribution < 1.29 is 37.8 Å². The molecule has 3 N–H and O–H groups in total. The second kappa shape index (κ2) is 9.28. The van der Waals surface area contributed by atoms with E-state index < -0.39 is 52.6 Å². The van der Waals surface area contributed by atoms with Gasteiger partial charge < -0.3 is 20.3 Å². The van der Waals surface area contributed by atoms with Gasteiger partial charge in [0.15, 0.2) is 0 Å². The minimum atomic E-state index is -4.60. The van der Waals surface area contributed by atoms with Crippen LogP contribution in [0.4, 0.5) is 18.9 Å². The number of rotatable bonds is 7. The highest BCUT2D eigenvalue weighted by Gasteiger charge is 2.31. The van der Waals surface area contributed by atoms with Gasteiger partial charge in [0, 0.05) is 24.7 Å². The van der Waals surface area contributed by atoms with Crippen LogP contribution in [0.3, 0.4) is 0 Å². The van der Waals surface area contributed by atoms with Crippen LogP contribution < -0.4 is 10.1 Å². The predicted molar refractivity (Wildman–Crippen MR) is 99.3 cm³/mol. The van der Waals surface area contributed by atoms with Crippen molar-refractivity contribution in [1.29, 1.82) is 0 Å². The molecule has 0 spiro atoms. The van der Waals surface area contributed by atoms with Crippen LogP contribution in [0, 0.1) is 16.0 Å². The molecule has 2 rings (SSSR count). The first kappa shape index (κ1) is 23.4. The molecule has 2 aromatic carbocycles. The number of nitrogens with one attached hydrogen (secondary N) is 1. The summed E-state index contributed by atoms with van der Waals surface area (Å²) in [4.78, 5) is 22.7. The maximum Gasteiger partial charge on any atom is 0.416 e. The molecule has 0 heterocycles. The zero-order chi connectivity index (χ0) is 22.6. The number of aliphatic hydroxyl groups is 2. The molecule has 8 nitrogen and oxygen atoms in total. The summed E-state index contributed by atoms with van der Waals surface area (Å²) in [5.41, 5.74) is -2.05. The van der Waals surface area contributed by atoms with Gasteiger partial charge in [0.05, 0.1) is 15.5 Å². The van der Waals surface area contributed by atoms with Gasteiger partial charge in [0.2, 0.25) is 0 Å². The number of benzene rings is 2. The fraction of sp³-hybridized carbons (Fsp3) is 0.278. The van der Waals surface area contributed by atoms with Crippen LogP contribution in [0.1, 0.15) is 22.8 Å². The van der Waals surface area contributed by atoms with Crippen LogP contribution in [-0.4, -0.2) is 33.9 Å². The summed E-state index contributed by atoms with van der Waals surface area (Å²) < 4.78 is 43.6. The number of amides is 1. The topological polar surface area (TPSA) is 122 Å². The summed E-state index contributed by atoms with van der Waals surface area (Å²) in [6.07, 6.45) is -6.08. The zero-order valence-electron chi connectivity index (χ0n) is 15.3. The first-order valence-electron chi connectivity index (χ1n) is 8.37. The lowest BCUT2D eigenvalue weighted by Gasteiger charge is -2.18. The number of carbonyl (C=O) groups excluding carboxylic acids is 1. The Labute approximate surface area is 173 Å². The van der Waals surface area contributed by atoms with E-state index in [-0.39, 0.29) is 16.5 Å². The predicted octanol–water partition coefficient (Wildman–Crippen LogP) is 3.74. The average molecular weight is 449 g/mol. The van der Waals surface area contributed by atoms with Crippen LogP contribution in [0.5, 0.6) is 11.5 Å². The third-order valence-electron chi connectivity index (χ3n) is 4.00. The van der Waals surface area contributed by atoms with E-state index in [9.17, 15) is 33.2 Å². The fourth-order valence-corrected chi connectivity index (χ4v) is 2.48. The number of hydrogen-bond donors (Lipinski definition) is 3. The first-order valence-corrected chi connectivity index (χ1v) is 8.74. The van der Waals surface area contributed by atoms with Gasteiger partial charge in [-0.05, 0) is 24.3 Å². The summed E-state index contributed by atoms with van der Waals surface area (Å²) >= 11 is 5.82. The van der Waals surface area contributed by atoms with Gasteiger partial charge in [-0.1, -0.05) is 18.5 Å². The number of ether oxygens (including phenoxy) is 1. The van der Waals surface area contributed by atoms with Crippen molar-refractivity contribution in [1.82, 2.24) is 5.32 Å². The minimum absolute atomic E-state index is 0.114. The molecular weight excluding hydrogens is 433 g/mol. The number of nitrogens with zero attached hydrogens (tertiary/aromatic N) is 1. The van der Waals surface area contributed by atoms with Crippen molar-refractivity contribution in [2.75, 3.05) is 6.61 Å². The maximum absolute atomic E-state index is 12.7. The average Bonchev–Trinajstić information content (AvgIpc) is 2.67. The molecule has 0 saturated carbocycles. The van der Waals surface area contributed by atoms with Crippen molar-refractivity contribution in [3.63, 3.8) is 0 Å². The van der Waals surface area contributed by atoms with E-state index in [2.05, 4.69) is 5.32 Å². The zero-order valence-corrected chi connectivity index (χ0v) is 16.1. The third kappa shape index (κ3) is 5.59. The number of nitro benzene ring substituents is 1. The molecule has 0 radical (unpaired) electrons. The number of carbonyl (C=O) groups is 1. The van der Waals surface area contributed by atoms with E-state index in [1.165, 1.54) is 6.92 Å². The van der Waals surface area contributed by atoms with Gasteiger partial charge >= 0.3 is 6.18 Å². The molecule has 0 saturated heterocycles. The Morgan fingerprint density at radius 2 is 1.97 bits per heavy atom. The molecule has 2 aromatic rings. The van der Waals surface area contributed by atoms with E-state index in [0.717, 1.165) is 30.3 Å². The normalized spacial score (nSPS) is 13.4. The molecule has 0 bridgehead atoms. The Morgan fingerprint density at radius 3 is 2.50 bits per heavy atom. The molecule has 30 heavy (non-hydrogen) atoms. The third-order valence-corrected chi connectivity index (χ3v) is 4.30. The quantitative estimate of drug-likeness (QED) is 0.337. The second-order valence-electron chi connectivity index (χ2n) is 6.26. The van der Waals surface area contributed by atoms with Crippen molar-refractivity contribution in [2.24, 2.45) is 5.92 Å². The molecular formula is C18H16ClF3N2O6. The van der Waals surface area contributed by atoms with Crippen LogP contribution in [0.25, 0.3) is 0 Å². The van der Waals surface area contributed by atoms with Crippen LogP contribution >= 0.6 is 11.6 Å². The highest BCUT2D eigenvalue weighted by atomic mass is 35.5. The molecule has 0 aliphatic carbocycles. The molecule has 0 fully saturated rings. The Balaban J connectivity index is 2.34. The first-order chi connectivity index (χ1) is 13.9. The Kier molecular flexibility index (Phi) is 7.24. The largest absolute Gasteiger partial charge is 0.456 e. The molecule has 0 aliphatic heterocycles. The van der Waals surface area contributed by atoms with Crippen LogP contribution in [0.2, 0.25) is 5.02 Å². The summed E-state index contributed by atoms with van der Waals surface area (Å²) in [7, 11) is 0. The number of hydrogen-bond acceptors (Lipinski definition) is 6. The van der Waals surface area contributed by atoms with Gasteiger partial charge in [0.25, 0.3) is 11.6 Å². The lowest BCUT2D eigenvalue weighted by Crippen LogP contribution is -2.40.